The second kappa shape index (κ2) is 7.99. The third-order valence-corrected chi connectivity index (χ3v) is 4.34. The predicted octanol–water partition coefficient (Wildman–Crippen LogP) is 2.64. The van der Waals surface area contributed by atoms with Gasteiger partial charge in [0.25, 0.3) is 5.91 Å². The van der Waals surface area contributed by atoms with Gasteiger partial charge in [0.05, 0.1) is 12.1 Å². The molecule has 1 unspecified atom stereocenters. The molecule has 0 N–H and O–H groups in total. The van der Waals surface area contributed by atoms with E-state index in [-0.39, 0.29) is 17.6 Å². The molecule has 0 spiro atoms. The summed E-state index contributed by atoms with van der Waals surface area (Å²) in [7, 11) is 3.70. The largest absolute Gasteiger partial charge is 0.471 e. The fraction of sp³-hybridized carbons (Fsp3) is 0.444. The van der Waals surface area contributed by atoms with E-state index < -0.39 is 11.9 Å². The van der Waals surface area contributed by atoms with Crippen LogP contribution in [-0.4, -0.2) is 59.3 Å². The number of ether oxygens (including phenoxy) is 1. The maximum atomic E-state index is 12.6. The molecule has 10 heteroatoms. The minimum atomic E-state index is -4.53. The average molecular weight is 395 g/mol. The molecule has 0 aromatic carbocycles. The monoisotopic (exact) mass is 395 g/mol. The minimum absolute atomic E-state index is 0.115. The lowest BCUT2D eigenvalue weighted by molar-refractivity contribution is -0.141. The van der Waals surface area contributed by atoms with Crippen LogP contribution >= 0.6 is 0 Å². The first-order chi connectivity index (χ1) is 13.2. The molecular formula is C18H20F3N5O2. The number of pyridine rings is 1. The molecule has 1 atom stereocenters. The number of rotatable bonds is 4. The Labute approximate surface area is 160 Å². The van der Waals surface area contributed by atoms with Crippen LogP contribution < -0.4 is 9.64 Å². The Morgan fingerprint density at radius 2 is 2.00 bits per heavy atom. The normalized spacial score (nSPS) is 17.3. The zero-order valence-electron chi connectivity index (χ0n) is 15.5. The molecule has 7 nitrogen and oxygen atoms in total. The van der Waals surface area contributed by atoms with Crippen molar-refractivity contribution in [3.8, 4) is 5.88 Å². The summed E-state index contributed by atoms with van der Waals surface area (Å²) < 4.78 is 43.7. The molecule has 1 fully saturated rings. The van der Waals surface area contributed by atoms with Crippen LogP contribution in [0.1, 0.15) is 28.9 Å². The number of aromatic nitrogens is 3. The molecule has 1 aliphatic heterocycles. The van der Waals surface area contributed by atoms with Gasteiger partial charge in [-0.05, 0) is 31.0 Å². The second-order valence-electron chi connectivity index (χ2n) is 6.69. The average Bonchev–Trinajstić information content (AvgIpc) is 2.67. The number of amides is 1. The Hall–Kier alpha value is -2.91. The maximum Gasteiger partial charge on any atom is 0.433 e. The van der Waals surface area contributed by atoms with Crippen molar-refractivity contribution in [1.82, 2.24) is 20.1 Å². The summed E-state index contributed by atoms with van der Waals surface area (Å²) in [4.78, 5) is 19.3. The number of hydrogen-bond acceptors (Lipinski definition) is 6. The first-order valence-corrected chi connectivity index (χ1v) is 8.74. The van der Waals surface area contributed by atoms with Gasteiger partial charge in [-0.15, -0.1) is 10.2 Å². The smallest absolute Gasteiger partial charge is 0.433 e. The summed E-state index contributed by atoms with van der Waals surface area (Å²) in [5, 5.41) is 8.06. The van der Waals surface area contributed by atoms with Gasteiger partial charge < -0.3 is 14.5 Å². The summed E-state index contributed by atoms with van der Waals surface area (Å²) in [6, 6.07) is 5.45. The van der Waals surface area contributed by atoms with E-state index in [2.05, 4.69) is 15.2 Å². The van der Waals surface area contributed by atoms with E-state index in [1.165, 1.54) is 0 Å². The van der Waals surface area contributed by atoms with E-state index in [4.69, 9.17) is 4.74 Å². The highest BCUT2D eigenvalue weighted by Gasteiger charge is 2.33. The van der Waals surface area contributed by atoms with Gasteiger partial charge in [0.15, 0.2) is 5.82 Å². The molecule has 150 valence electrons. The van der Waals surface area contributed by atoms with Gasteiger partial charge in [0, 0.05) is 32.9 Å². The Morgan fingerprint density at radius 3 is 2.57 bits per heavy atom. The van der Waals surface area contributed by atoms with Crippen molar-refractivity contribution in [1.29, 1.82) is 0 Å². The first-order valence-electron chi connectivity index (χ1n) is 8.74. The lowest BCUT2D eigenvalue weighted by atomic mass is 10.1. The van der Waals surface area contributed by atoms with Crippen molar-refractivity contribution in [2.45, 2.75) is 25.1 Å². The molecule has 0 radical (unpaired) electrons. The molecule has 0 saturated carbocycles. The first kappa shape index (κ1) is 19.8. The topological polar surface area (TPSA) is 71.5 Å². The van der Waals surface area contributed by atoms with E-state index in [0.717, 1.165) is 24.8 Å². The highest BCUT2D eigenvalue weighted by atomic mass is 19.4. The third kappa shape index (κ3) is 4.68. The standard InChI is InChI=1S/C18H20F3N5O2/c1-25(2)15-7-8-16(24-23-15)28-13-4-3-9-26(11-13)17(27)12-5-6-14(22-10-12)18(19,20)21/h5-8,10,13H,3-4,9,11H2,1-2H3. The molecule has 1 amide bonds. The Kier molecular flexibility index (Phi) is 5.66. The van der Waals surface area contributed by atoms with Crippen LogP contribution in [0.3, 0.4) is 0 Å². The van der Waals surface area contributed by atoms with Gasteiger partial charge in [-0.3, -0.25) is 9.78 Å². The second-order valence-corrected chi connectivity index (χ2v) is 6.69. The molecule has 0 aliphatic carbocycles. The Balaban J connectivity index is 1.63. The number of alkyl halides is 3. The van der Waals surface area contributed by atoms with Crippen molar-refractivity contribution in [3.05, 3.63) is 41.7 Å². The number of carbonyl (C=O) groups is 1. The highest BCUT2D eigenvalue weighted by Crippen LogP contribution is 2.27. The van der Waals surface area contributed by atoms with Crippen LogP contribution in [0, 0.1) is 0 Å². The number of piperidine rings is 1. The molecule has 28 heavy (non-hydrogen) atoms. The van der Waals surface area contributed by atoms with Crippen molar-refractivity contribution >= 4 is 11.7 Å². The SMILES string of the molecule is CN(C)c1ccc(OC2CCCN(C(=O)c3ccc(C(F)(F)F)nc3)C2)nn1. The zero-order valence-corrected chi connectivity index (χ0v) is 15.5. The van der Waals surface area contributed by atoms with Crippen molar-refractivity contribution in [2.24, 2.45) is 0 Å². The lowest BCUT2D eigenvalue weighted by Gasteiger charge is -2.32. The molecule has 1 saturated heterocycles. The van der Waals surface area contributed by atoms with Gasteiger partial charge in [0.2, 0.25) is 5.88 Å². The third-order valence-electron chi connectivity index (χ3n) is 4.34. The summed E-state index contributed by atoms with van der Waals surface area (Å²) in [5.74, 6) is 0.687. The van der Waals surface area contributed by atoms with Crippen LogP contribution in [-0.2, 0) is 6.18 Å². The number of carbonyl (C=O) groups excluding carboxylic acids is 1. The van der Waals surface area contributed by atoms with Crippen molar-refractivity contribution in [3.63, 3.8) is 0 Å². The molecule has 3 rings (SSSR count). The number of halogens is 3. The predicted molar refractivity (Wildman–Crippen MR) is 95.2 cm³/mol. The van der Waals surface area contributed by atoms with Crippen LogP contribution in [0.5, 0.6) is 5.88 Å². The molecular weight excluding hydrogens is 375 g/mol. The highest BCUT2D eigenvalue weighted by molar-refractivity contribution is 5.94. The van der Waals surface area contributed by atoms with Gasteiger partial charge in [-0.25, -0.2) is 0 Å². The lowest BCUT2D eigenvalue weighted by Crippen LogP contribution is -2.44. The number of anilines is 1. The van der Waals surface area contributed by atoms with Crippen LogP contribution in [0.25, 0.3) is 0 Å². The minimum Gasteiger partial charge on any atom is -0.471 e. The van der Waals surface area contributed by atoms with Gasteiger partial charge >= 0.3 is 6.18 Å². The molecule has 1 aliphatic rings. The summed E-state index contributed by atoms with van der Waals surface area (Å²) >= 11 is 0. The fourth-order valence-corrected chi connectivity index (χ4v) is 2.87. The van der Waals surface area contributed by atoms with E-state index in [0.29, 0.717) is 31.2 Å². The van der Waals surface area contributed by atoms with Gasteiger partial charge in [0.1, 0.15) is 11.8 Å². The van der Waals surface area contributed by atoms with E-state index in [1.807, 2.05) is 19.0 Å². The summed E-state index contributed by atoms with van der Waals surface area (Å²) in [5.41, 5.74) is -0.910. The van der Waals surface area contributed by atoms with Crippen molar-refractivity contribution < 1.29 is 22.7 Å². The van der Waals surface area contributed by atoms with Crippen LogP contribution in [0.2, 0.25) is 0 Å². The Morgan fingerprint density at radius 1 is 1.21 bits per heavy atom. The number of nitrogens with zero attached hydrogens (tertiary/aromatic N) is 5. The summed E-state index contributed by atoms with van der Waals surface area (Å²) in [6.45, 7) is 0.821. The van der Waals surface area contributed by atoms with E-state index >= 15 is 0 Å². The van der Waals surface area contributed by atoms with E-state index in [1.54, 1.807) is 17.0 Å². The van der Waals surface area contributed by atoms with Gasteiger partial charge in [-0.1, -0.05) is 0 Å². The van der Waals surface area contributed by atoms with E-state index in [9.17, 15) is 18.0 Å². The molecule has 0 bridgehead atoms. The van der Waals surface area contributed by atoms with Gasteiger partial charge in [-0.2, -0.15) is 13.2 Å². The number of hydrogen-bond donors (Lipinski definition) is 0. The molecule has 3 heterocycles. The zero-order chi connectivity index (χ0) is 20.3. The quantitative estimate of drug-likeness (QED) is 0.793. The number of likely N-dealkylation sites (tertiary alicyclic amines) is 1. The Bertz CT molecular complexity index is 809. The maximum absolute atomic E-state index is 12.6. The van der Waals surface area contributed by atoms with Crippen LogP contribution in [0.4, 0.5) is 19.0 Å². The molecule has 2 aromatic rings. The summed E-state index contributed by atoms with van der Waals surface area (Å²) in [6.07, 6.45) is -2.38. The molecule has 2 aromatic heterocycles. The van der Waals surface area contributed by atoms with Crippen LogP contribution in [0.15, 0.2) is 30.5 Å². The fourth-order valence-electron chi connectivity index (χ4n) is 2.87. The van der Waals surface area contributed by atoms with Crippen molar-refractivity contribution in [2.75, 3.05) is 32.1 Å².